The number of aryl methyl sites for hydroxylation is 2. The van der Waals surface area contributed by atoms with Crippen LogP contribution in [0, 0.1) is 12.8 Å². The molecule has 0 spiro atoms. The van der Waals surface area contributed by atoms with Crippen molar-refractivity contribution in [3.63, 3.8) is 0 Å². The highest BCUT2D eigenvalue weighted by atomic mass is 32.2. The van der Waals surface area contributed by atoms with Crippen molar-refractivity contribution in [3.8, 4) is 0 Å². The maximum absolute atomic E-state index is 4.76. The number of thiophene rings is 1. The molecule has 25 heavy (non-hydrogen) atoms. The van der Waals surface area contributed by atoms with Gasteiger partial charge in [-0.3, -0.25) is 0 Å². The van der Waals surface area contributed by atoms with E-state index in [9.17, 15) is 0 Å². The molecule has 0 aromatic carbocycles. The molecule has 0 aliphatic heterocycles. The van der Waals surface area contributed by atoms with Gasteiger partial charge in [-0.25, -0.2) is 9.97 Å². The third-order valence-corrected chi connectivity index (χ3v) is 7.77. The molecule has 1 atom stereocenters. The van der Waals surface area contributed by atoms with Crippen LogP contribution in [0.25, 0.3) is 10.2 Å². The van der Waals surface area contributed by atoms with Gasteiger partial charge in [0, 0.05) is 16.3 Å². The Balaban J connectivity index is 1.52. The van der Waals surface area contributed by atoms with Crippen molar-refractivity contribution in [2.24, 2.45) is 5.92 Å². The molecule has 1 fully saturated rings. The molecule has 5 rings (SSSR count). The molecule has 0 bridgehead atoms. The van der Waals surface area contributed by atoms with Crippen molar-refractivity contribution in [3.05, 3.63) is 16.3 Å². The fourth-order valence-corrected chi connectivity index (χ4v) is 6.71. The Morgan fingerprint density at radius 2 is 2.00 bits per heavy atom. The zero-order valence-corrected chi connectivity index (χ0v) is 16.7. The average molecular weight is 390 g/mol. The van der Waals surface area contributed by atoms with E-state index in [1.165, 1.54) is 41.5 Å². The predicted octanol–water partition coefficient (Wildman–Crippen LogP) is 4.70. The predicted molar refractivity (Wildman–Crippen MR) is 104 cm³/mol. The number of anilines is 1. The van der Waals surface area contributed by atoms with Crippen molar-refractivity contribution in [2.45, 2.75) is 61.4 Å². The summed E-state index contributed by atoms with van der Waals surface area (Å²) in [6.45, 7) is 4.32. The molecule has 8 heteroatoms. The quantitative estimate of drug-likeness (QED) is 0.653. The molecule has 3 heterocycles. The number of nitrogens with zero attached hydrogens (tertiary/aromatic N) is 4. The van der Waals surface area contributed by atoms with E-state index in [0.29, 0.717) is 6.04 Å². The largest absolute Gasteiger partial charge is 0.357 e. The maximum Gasteiger partial charge on any atom is 0.206 e. The van der Waals surface area contributed by atoms with Gasteiger partial charge in [0.05, 0.1) is 0 Å². The van der Waals surface area contributed by atoms with Crippen molar-refractivity contribution in [1.82, 2.24) is 20.2 Å². The minimum absolute atomic E-state index is 0.602. The van der Waals surface area contributed by atoms with Gasteiger partial charge < -0.3 is 5.32 Å². The molecule has 0 radical (unpaired) electrons. The molecule has 1 N–H and O–H groups in total. The van der Waals surface area contributed by atoms with Crippen LogP contribution in [0.15, 0.2) is 9.37 Å². The van der Waals surface area contributed by atoms with Crippen LogP contribution in [0.5, 0.6) is 0 Å². The lowest BCUT2D eigenvalue weighted by molar-refractivity contribution is 0.509. The zero-order valence-electron chi connectivity index (χ0n) is 14.2. The summed E-state index contributed by atoms with van der Waals surface area (Å²) < 4.78 is 0.951. The highest BCUT2D eigenvalue weighted by molar-refractivity contribution is 8.01. The summed E-state index contributed by atoms with van der Waals surface area (Å²) >= 11 is 5.12. The Hall–Kier alpha value is -1.25. The van der Waals surface area contributed by atoms with Crippen LogP contribution < -0.4 is 5.32 Å². The third kappa shape index (κ3) is 3.15. The number of aromatic nitrogens is 4. The minimum Gasteiger partial charge on any atom is -0.357 e. The molecule has 3 aromatic rings. The Bertz CT molecular complexity index is 943. The van der Waals surface area contributed by atoms with Gasteiger partial charge in [-0.15, -0.1) is 21.5 Å². The van der Waals surface area contributed by atoms with Gasteiger partial charge in [-0.05, 0) is 62.3 Å². The van der Waals surface area contributed by atoms with Crippen LogP contribution in [-0.4, -0.2) is 26.2 Å². The molecular weight excluding hydrogens is 370 g/mol. The summed E-state index contributed by atoms with van der Waals surface area (Å²) in [4.78, 5) is 12.1. The summed E-state index contributed by atoms with van der Waals surface area (Å²) in [7, 11) is 0. The molecule has 2 aliphatic carbocycles. The Morgan fingerprint density at radius 3 is 2.84 bits per heavy atom. The summed E-state index contributed by atoms with van der Waals surface area (Å²) in [5.74, 6) is 1.60. The van der Waals surface area contributed by atoms with Gasteiger partial charge >= 0.3 is 0 Å². The lowest BCUT2D eigenvalue weighted by Crippen LogP contribution is -2.08. The molecular formula is C17H19N5S3. The van der Waals surface area contributed by atoms with Crippen LogP contribution in [-0.2, 0) is 12.8 Å². The van der Waals surface area contributed by atoms with Crippen LogP contribution in [0.4, 0.5) is 5.13 Å². The van der Waals surface area contributed by atoms with Crippen LogP contribution in [0.1, 0.15) is 42.5 Å². The summed E-state index contributed by atoms with van der Waals surface area (Å²) in [6.07, 6.45) is 6.06. The molecule has 130 valence electrons. The van der Waals surface area contributed by atoms with E-state index in [0.717, 1.165) is 37.5 Å². The molecule has 5 nitrogen and oxygen atoms in total. The first-order valence-corrected chi connectivity index (χ1v) is 11.2. The summed E-state index contributed by atoms with van der Waals surface area (Å²) in [5.41, 5.74) is 1.47. The van der Waals surface area contributed by atoms with E-state index in [-0.39, 0.29) is 0 Å². The van der Waals surface area contributed by atoms with E-state index in [1.807, 2.05) is 18.3 Å². The fourth-order valence-electron chi connectivity index (χ4n) is 3.28. The van der Waals surface area contributed by atoms with E-state index < -0.39 is 0 Å². The fraction of sp³-hybridized carbons (Fsp3) is 0.529. The average Bonchev–Trinajstić information content (AvgIpc) is 3.14. The first kappa shape index (κ1) is 16.0. The summed E-state index contributed by atoms with van der Waals surface area (Å²) in [5, 5.41) is 15.3. The van der Waals surface area contributed by atoms with E-state index in [1.54, 1.807) is 23.1 Å². The van der Waals surface area contributed by atoms with Crippen LogP contribution in [0.2, 0.25) is 0 Å². The highest BCUT2D eigenvalue weighted by Gasteiger charge is 2.25. The number of nitrogens with one attached hydrogen (secondary N) is 1. The Morgan fingerprint density at radius 1 is 1.12 bits per heavy atom. The molecule has 0 saturated heterocycles. The molecule has 3 aromatic heterocycles. The zero-order chi connectivity index (χ0) is 17.0. The second-order valence-corrected chi connectivity index (χ2v) is 10.3. The van der Waals surface area contributed by atoms with Gasteiger partial charge in [0.25, 0.3) is 0 Å². The second kappa shape index (κ2) is 6.17. The van der Waals surface area contributed by atoms with Crippen molar-refractivity contribution >= 4 is 49.8 Å². The van der Waals surface area contributed by atoms with Crippen LogP contribution >= 0.6 is 34.4 Å². The van der Waals surface area contributed by atoms with Gasteiger partial charge in [-0.2, -0.15) is 0 Å². The highest BCUT2D eigenvalue weighted by Crippen LogP contribution is 2.43. The minimum atomic E-state index is 0.602. The van der Waals surface area contributed by atoms with E-state index in [4.69, 9.17) is 9.97 Å². The number of hydrogen-bond donors (Lipinski definition) is 1. The van der Waals surface area contributed by atoms with Gasteiger partial charge in [-0.1, -0.05) is 18.3 Å². The summed E-state index contributed by atoms with van der Waals surface area (Å²) in [6, 6.07) is 0.602. The smallest absolute Gasteiger partial charge is 0.206 e. The molecule has 1 saturated carbocycles. The number of fused-ring (bicyclic) bond motifs is 3. The van der Waals surface area contributed by atoms with E-state index >= 15 is 0 Å². The molecule has 2 aliphatic rings. The number of hydrogen-bond acceptors (Lipinski definition) is 8. The first-order valence-electron chi connectivity index (χ1n) is 8.72. The van der Waals surface area contributed by atoms with E-state index in [2.05, 4.69) is 22.4 Å². The van der Waals surface area contributed by atoms with Gasteiger partial charge in [0.1, 0.15) is 15.7 Å². The Kier molecular flexibility index (Phi) is 3.94. The SMILES string of the molecule is Cc1nc(Sc2nnc(NC3CC3)s2)c2c3c(sc2n1)C[C@@H](C)CC3. The van der Waals surface area contributed by atoms with Crippen LogP contribution in [0.3, 0.4) is 0 Å². The second-order valence-electron chi connectivity index (χ2n) is 7.00. The lowest BCUT2D eigenvalue weighted by atomic mass is 9.89. The van der Waals surface area contributed by atoms with Crippen molar-refractivity contribution < 1.29 is 0 Å². The molecule has 0 unspecified atom stereocenters. The van der Waals surface area contributed by atoms with Gasteiger partial charge in [0.2, 0.25) is 5.13 Å². The maximum atomic E-state index is 4.76. The van der Waals surface area contributed by atoms with Crippen molar-refractivity contribution in [2.75, 3.05) is 5.32 Å². The molecule has 0 amide bonds. The third-order valence-electron chi connectivity index (χ3n) is 4.73. The Labute approximate surface area is 158 Å². The first-order chi connectivity index (χ1) is 12.2. The standard InChI is InChI=1S/C17H19N5S3/c1-8-3-6-11-12(7-8)23-14-13(11)15(19-9(2)18-14)24-17-22-21-16(25-17)20-10-4-5-10/h8,10H,3-7H2,1-2H3,(H,20,21)/t8-/m0/s1. The topological polar surface area (TPSA) is 63.6 Å². The normalized spacial score (nSPS) is 20.0. The van der Waals surface area contributed by atoms with Gasteiger partial charge in [0.15, 0.2) is 4.34 Å². The lowest BCUT2D eigenvalue weighted by Gasteiger charge is -2.18. The monoisotopic (exact) mass is 389 g/mol. The van der Waals surface area contributed by atoms with Crippen molar-refractivity contribution in [1.29, 1.82) is 0 Å². The number of rotatable bonds is 4.